The molecule has 17 atom stereocenters. The molecule has 6 fully saturated rings. The molecule has 4 aliphatic carbocycles. The monoisotopic (exact) mass is 710 g/mol. The Labute approximate surface area is 292 Å². The Morgan fingerprint density at radius 1 is 0.960 bits per heavy atom. The highest BCUT2D eigenvalue weighted by Gasteiger charge is 2.71. The van der Waals surface area contributed by atoms with E-state index in [0.717, 1.165) is 18.3 Å². The topological polar surface area (TPSA) is 211 Å². The summed E-state index contributed by atoms with van der Waals surface area (Å²) in [5.74, 6) is -0.635. The molecule has 4 saturated carbocycles. The maximum Gasteiger partial charge on any atom is 0.331 e. The van der Waals surface area contributed by atoms with Gasteiger partial charge in [0, 0.05) is 31.4 Å². The van der Waals surface area contributed by atoms with Crippen molar-refractivity contribution < 1.29 is 68.6 Å². The van der Waals surface area contributed by atoms with Crippen LogP contribution in [0.1, 0.15) is 78.1 Å². The van der Waals surface area contributed by atoms with Gasteiger partial charge in [-0.2, -0.15) is 0 Å². The molecular weight excluding hydrogens is 656 g/mol. The number of esters is 1. The summed E-state index contributed by atoms with van der Waals surface area (Å²) < 4.78 is 35.2. The van der Waals surface area contributed by atoms with E-state index in [-0.39, 0.29) is 43.2 Å². The molecule has 0 amide bonds. The number of aldehydes is 1. The zero-order chi connectivity index (χ0) is 35.8. The van der Waals surface area contributed by atoms with Crippen LogP contribution in [0, 0.1) is 28.6 Å². The van der Waals surface area contributed by atoms with Crippen molar-refractivity contribution in [3.05, 3.63) is 11.6 Å². The number of aliphatic hydroxyl groups is 6. The van der Waals surface area contributed by atoms with Crippen molar-refractivity contribution in [1.82, 2.24) is 0 Å². The predicted molar refractivity (Wildman–Crippen MR) is 171 cm³/mol. The molecule has 0 spiro atoms. The number of carbonyl (C=O) groups excluding carboxylic acids is 2. The number of aliphatic hydroxyl groups excluding tert-OH is 4. The van der Waals surface area contributed by atoms with Crippen LogP contribution >= 0.6 is 0 Å². The van der Waals surface area contributed by atoms with Gasteiger partial charge in [0.15, 0.2) is 12.6 Å². The zero-order valence-electron chi connectivity index (χ0n) is 29.1. The molecule has 7 aliphatic rings. The molecule has 0 aromatic rings. The lowest BCUT2D eigenvalue weighted by molar-refractivity contribution is -0.346. The van der Waals surface area contributed by atoms with Gasteiger partial charge in [-0.15, -0.1) is 0 Å². The quantitative estimate of drug-likeness (QED) is 0.113. The Morgan fingerprint density at radius 3 is 2.40 bits per heavy atom. The minimum absolute atomic E-state index is 0.0352. The van der Waals surface area contributed by atoms with E-state index in [2.05, 4.69) is 6.92 Å². The minimum atomic E-state index is -1.58. The lowest BCUT2D eigenvalue weighted by atomic mass is 9.41. The van der Waals surface area contributed by atoms with E-state index in [0.29, 0.717) is 44.9 Å². The molecule has 7 rings (SSSR count). The first-order valence-corrected chi connectivity index (χ1v) is 18.3. The van der Waals surface area contributed by atoms with Crippen molar-refractivity contribution in [2.75, 3.05) is 20.3 Å². The molecule has 3 heterocycles. The van der Waals surface area contributed by atoms with Gasteiger partial charge in [-0.3, -0.25) is 0 Å². The smallest absolute Gasteiger partial charge is 0.331 e. The highest BCUT2D eigenvalue weighted by atomic mass is 16.7. The Bertz CT molecular complexity index is 1330. The summed E-state index contributed by atoms with van der Waals surface area (Å²) in [7, 11) is 1.51. The first-order chi connectivity index (χ1) is 23.7. The van der Waals surface area contributed by atoms with Crippen molar-refractivity contribution in [3.63, 3.8) is 0 Å². The minimum Gasteiger partial charge on any atom is -0.458 e. The molecular formula is C36H54O14. The number of methoxy groups -OCH3 is 1. The van der Waals surface area contributed by atoms with Gasteiger partial charge in [0.05, 0.1) is 41.5 Å². The van der Waals surface area contributed by atoms with E-state index in [1.807, 2.05) is 0 Å². The van der Waals surface area contributed by atoms with Gasteiger partial charge in [-0.25, -0.2) is 4.79 Å². The van der Waals surface area contributed by atoms with Crippen LogP contribution in [-0.2, 0) is 38.0 Å². The van der Waals surface area contributed by atoms with Crippen molar-refractivity contribution >= 4 is 12.3 Å². The Kier molecular flexibility index (Phi) is 9.84. The molecule has 14 nitrogen and oxygen atoms in total. The van der Waals surface area contributed by atoms with Crippen LogP contribution in [0.2, 0.25) is 0 Å². The van der Waals surface area contributed by atoms with Crippen LogP contribution < -0.4 is 0 Å². The fourth-order valence-electron chi connectivity index (χ4n) is 11.5. The summed E-state index contributed by atoms with van der Waals surface area (Å²) in [6.45, 7) is 3.57. The van der Waals surface area contributed by atoms with Gasteiger partial charge in [-0.05, 0) is 81.6 Å². The van der Waals surface area contributed by atoms with Gasteiger partial charge < -0.3 is 63.9 Å². The van der Waals surface area contributed by atoms with E-state index in [1.54, 1.807) is 13.0 Å². The largest absolute Gasteiger partial charge is 0.458 e. The summed E-state index contributed by atoms with van der Waals surface area (Å²) in [5, 5.41) is 65.3. The number of cyclic esters (lactones) is 1. The fourth-order valence-corrected chi connectivity index (χ4v) is 11.5. The van der Waals surface area contributed by atoms with Crippen molar-refractivity contribution in [1.29, 1.82) is 0 Å². The standard InChI is InChI=1S/C36H54O14/c1-18-31(50-32-30(42)29(41)28(40)25(15-37)49-32)24(45-3)13-27(47-18)48-20-4-9-34(17-38)22-5-8-33(2)21(19-12-26(39)46-16-19)7-11-36(33,44)23(22)6-10-35(34,43)14-20/h12,17-18,20-25,27-32,37,40-44H,4-11,13-16H2,1-3H3/t18-,20-,21-,22-,23+,24-,25+,27+,28+,29-,30+,31-,32-,33-,34+,35+,36+/m1/s1. The molecule has 0 aromatic heterocycles. The average molecular weight is 711 g/mol. The molecule has 0 radical (unpaired) electrons. The van der Waals surface area contributed by atoms with Crippen LogP contribution in [-0.4, -0.2) is 136 Å². The third-order valence-corrected chi connectivity index (χ3v) is 14.2. The fraction of sp³-hybridized carbons (Fsp3) is 0.889. The molecule has 0 unspecified atom stereocenters. The highest BCUT2D eigenvalue weighted by Crippen LogP contribution is 2.70. The van der Waals surface area contributed by atoms with Gasteiger partial charge in [-0.1, -0.05) is 6.92 Å². The second-order valence-corrected chi connectivity index (χ2v) is 16.3. The van der Waals surface area contributed by atoms with Crippen LogP contribution in [0.15, 0.2) is 11.6 Å². The number of fused-ring (bicyclic) bond motifs is 5. The Morgan fingerprint density at radius 2 is 1.72 bits per heavy atom. The molecule has 50 heavy (non-hydrogen) atoms. The van der Waals surface area contributed by atoms with E-state index in [1.165, 1.54) is 7.11 Å². The second kappa shape index (κ2) is 13.4. The lowest BCUT2D eigenvalue weighted by Crippen LogP contribution is -2.69. The first-order valence-electron chi connectivity index (χ1n) is 18.3. The molecule has 282 valence electrons. The Hall–Kier alpha value is -1.56. The SMILES string of the molecule is CO[C@@H]1C[C@H](O[C@@H]2CC[C@]3(C=O)[C@@H]4CC[C@]5(C)[C@@H](C6=CC(=O)OC6)CC[C@]5(O)[C@H]4CC[C@]3(O)C2)O[C@H](C)[C@H]1O[C@H]1O[C@@H](CO)[C@H](O)[C@@H](O)[C@@H]1O. The molecule has 14 heteroatoms. The number of carbonyl (C=O) groups is 2. The van der Waals surface area contributed by atoms with Crippen LogP contribution in [0.25, 0.3) is 0 Å². The van der Waals surface area contributed by atoms with Crippen molar-refractivity contribution in [2.45, 2.75) is 151 Å². The second-order valence-electron chi connectivity index (χ2n) is 16.3. The first kappa shape index (κ1) is 36.8. The van der Waals surface area contributed by atoms with Gasteiger partial charge in [0.1, 0.15) is 43.4 Å². The number of hydrogen-bond donors (Lipinski definition) is 6. The van der Waals surface area contributed by atoms with Gasteiger partial charge in [0.2, 0.25) is 0 Å². The van der Waals surface area contributed by atoms with Crippen LogP contribution in [0.4, 0.5) is 0 Å². The number of ether oxygens (including phenoxy) is 6. The van der Waals surface area contributed by atoms with E-state index >= 15 is 0 Å². The molecule has 3 aliphatic heterocycles. The number of rotatable bonds is 8. The summed E-state index contributed by atoms with van der Waals surface area (Å²) in [4.78, 5) is 25.1. The molecule has 0 bridgehead atoms. The third kappa shape index (κ3) is 5.55. The van der Waals surface area contributed by atoms with Crippen molar-refractivity contribution in [3.8, 4) is 0 Å². The average Bonchev–Trinajstić information content (AvgIpc) is 3.64. The Balaban J connectivity index is 1.01. The summed E-state index contributed by atoms with van der Waals surface area (Å²) >= 11 is 0. The third-order valence-electron chi connectivity index (χ3n) is 14.2. The molecule has 2 saturated heterocycles. The number of hydrogen-bond acceptors (Lipinski definition) is 14. The van der Waals surface area contributed by atoms with Crippen LogP contribution in [0.5, 0.6) is 0 Å². The lowest BCUT2D eigenvalue weighted by Gasteiger charge is -2.65. The summed E-state index contributed by atoms with van der Waals surface area (Å²) in [6, 6.07) is 0. The normalized spacial score (nSPS) is 53.5. The van der Waals surface area contributed by atoms with Gasteiger partial charge >= 0.3 is 5.97 Å². The van der Waals surface area contributed by atoms with E-state index in [9.17, 15) is 40.2 Å². The van der Waals surface area contributed by atoms with E-state index in [4.69, 9.17) is 28.4 Å². The maximum atomic E-state index is 13.2. The van der Waals surface area contributed by atoms with E-state index < -0.39 is 90.1 Å². The van der Waals surface area contributed by atoms with Crippen molar-refractivity contribution in [2.24, 2.45) is 28.6 Å². The van der Waals surface area contributed by atoms with Crippen LogP contribution in [0.3, 0.4) is 0 Å². The zero-order valence-corrected chi connectivity index (χ0v) is 29.1. The van der Waals surface area contributed by atoms with Gasteiger partial charge in [0.25, 0.3) is 0 Å². The molecule has 6 N–H and O–H groups in total. The highest BCUT2D eigenvalue weighted by molar-refractivity contribution is 5.85. The summed E-state index contributed by atoms with van der Waals surface area (Å²) in [5.41, 5.74) is -2.86. The predicted octanol–water partition coefficient (Wildman–Crippen LogP) is 0.258. The summed E-state index contributed by atoms with van der Waals surface area (Å²) in [6.07, 6.45) is -2.52. The molecule has 0 aromatic carbocycles. The maximum absolute atomic E-state index is 13.2.